The molecule has 5 heteroatoms. The zero-order valence-corrected chi connectivity index (χ0v) is 14.7. The van der Waals surface area contributed by atoms with Crippen molar-refractivity contribution in [1.82, 2.24) is 5.32 Å². The van der Waals surface area contributed by atoms with E-state index in [2.05, 4.69) is 31.4 Å². The smallest absolute Gasteiger partial charge is 0.313 e. The van der Waals surface area contributed by atoms with Gasteiger partial charge in [-0.25, -0.2) is 4.39 Å². The Morgan fingerprint density at radius 2 is 1.52 bits per heavy atom. The summed E-state index contributed by atoms with van der Waals surface area (Å²) in [5, 5.41) is 5.13. The van der Waals surface area contributed by atoms with Crippen LogP contribution in [0.4, 0.5) is 10.1 Å². The van der Waals surface area contributed by atoms with Crippen LogP contribution in [0.3, 0.4) is 0 Å². The molecule has 4 nitrogen and oxygen atoms in total. The van der Waals surface area contributed by atoms with Crippen LogP contribution in [0.2, 0.25) is 0 Å². The van der Waals surface area contributed by atoms with E-state index in [0.29, 0.717) is 18.7 Å². The van der Waals surface area contributed by atoms with Gasteiger partial charge in [0, 0.05) is 12.2 Å². The highest BCUT2D eigenvalue weighted by atomic mass is 19.1. The Kier molecular flexibility index (Phi) is 5.91. The van der Waals surface area contributed by atoms with E-state index >= 15 is 0 Å². The second kappa shape index (κ2) is 7.92. The van der Waals surface area contributed by atoms with Gasteiger partial charge in [0.25, 0.3) is 0 Å². The molecule has 0 atom stereocenters. The first-order valence-corrected chi connectivity index (χ1v) is 8.20. The molecule has 0 fully saturated rings. The number of halogens is 1. The van der Waals surface area contributed by atoms with E-state index in [1.165, 1.54) is 12.1 Å². The summed E-state index contributed by atoms with van der Waals surface area (Å²) in [5.74, 6) is -1.70. The monoisotopic (exact) mass is 342 g/mol. The lowest BCUT2D eigenvalue weighted by atomic mass is 9.87. The number of nitrogens with one attached hydrogen (secondary N) is 2. The summed E-state index contributed by atoms with van der Waals surface area (Å²) in [6, 6.07) is 13.5. The van der Waals surface area contributed by atoms with Crippen LogP contribution in [0.15, 0.2) is 48.5 Å². The van der Waals surface area contributed by atoms with Gasteiger partial charge in [0.2, 0.25) is 0 Å². The van der Waals surface area contributed by atoms with E-state index in [9.17, 15) is 14.0 Å². The normalized spacial score (nSPS) is 11.0. The third-order valence-corrected chi connectivity index (χ3v) is 3.83. The molecule has 2 amide bonds. The van der Waals surface area contributed by atoms with E-state index in [1.807, 2.05) is 12.1 Å². The van der Waals surface area contributed by atoms with Crippen LogP contribution in [0.1, 0.15) is 31.9 Å². The van der Waals surface area contributed by atoms with Gasteiger partial charge >= 0.3 is 11.8 Å². The predicted molar refractivity (Wildman–Crippen MR) is 96.9 cm³/mol. The van der Waals surface area contributed by atoms with Crippen LogP contribution in [0.5, 0.6) is 0 Å². The SMILES string of the molecule is CC(C)(C)c1ccc(NC(=O)C(=O)NCCc2ccc(F)cc2)cc1. The summed E-state index contributed by atoms with van der Waals surface area (Å²) in [6.45, 7) is 6.63. The fourth-order valence-corrected chi connectivity index (χ4v) is 2.29. The fourth-order valence-electron chi connectivity index (χ4n) is 2.29. The molecule has 25 heavy (non-hydrogen) atoms. The van der Waals surface area contributed by atoms with Crippen molar-refractivity contribution in [2.45, 2.75) is 32.6 Å². The van der Waals surface area contributed by atoms with Gasteiger partial charge in [-0.2, -0.15) is 0 Å². The highest BCUT2D eigenvalue weighted by Crippen LogP contribution is 2.23. The van der Waals surface area contributed by atoms with Gasteiger partial charge in [0.05, 0.1) is 0 Å². The summed E-state index contributed by atoms with van der Waals surface area (Å²) >= 11 is 0. The molecule has 0 radical (unpaired) electrons. The van der Waals surface area contributed by atoms with Crippen LogP contribution in [-0.4, -0.2) is 18.4 Å². The minimum Gasteiger partial charge on any atom is -0.347 e. The molecule has 0 heterocycles. The molecule has 0 aromatic heterocycles. The molecular weight excluding hydrogens is 319 g/mol. The largest absolute Gasteiger partial charge is 0.347 e. The zero-order chi connectivity index (χ0) is 18.4. The van der Waals surface area contributed by atoms with Crippen LogP contribution >= 0.6 is 0 Å². The molecule has 2 aromatic rings. The van der Waals surface area contributed by atoms with Crippen LogP contribution in [0.25, 0.3) is 0 Å². The molecule has 2 N–H and O–H groups in total. The van der Waals surface area contributed by atoms with Crippen molar-refractivity contribution >= 4 is 17.5 Å². The predicted octanol–water partition coefficient (Wildman–Crippen LogP) is 3.42. The summed E-state index contributed by atoms with van der Waals surface area (Å²) < 4.78 is 12.8. The lowest BCUT2D eigenvalue weighted by molar-refractivity contribution is -0.136. The van der Waals surface area contributed by atoms with Crippen molar-refractivity contribution in [3.8, 4) is 0 Å². The van der Waals surface area contributed by atoms with Crippen molar-refractivity contribution in [3.05, 3.63) is 65.5 Å². The zero-order valence-electron chi connectivity index (χ0n) is 14.7. The number of rotatable bonds is 4. The second-order valence-corrected chi connectivity index (χ2v) is 6.91. The first-order valence-electron chi connectivity index (χ1n) is 8.20. The number of hydrogen-bond donors (Lipinski definition) is 2. The molecule has 132 valence electrons. The van der Waals surface area contributed by atoms with Crippen molar-refractivity contribution in [2.75, 3.05) is 11.9 Å². The Morgan fingerprint density at radius 1 is 0.920 bits per heavy atom. The number of benzene rings is 2. The van der Waals surface area contributed by atoms with Gasteiger partial charge in [0.1, 0.15) is 5.82 Å². The van der Waals surface area contributed by atoms with Gasteiger partial charge in [0.15, 0.2) is 0 Å². The third-order valence-electron chi connectivity index (χ3n) is 3.83. The minimum absolute atomic E-state index is 0.0280. The third kappa shape index (κ3) is 5.71. The molecule has 0 bridgehead atoms. The Bertz CT molecular complexity index is 732. The average Bonchev–Trinajstić information content (AvgIpc) is 2.56. The average molecular weight is 342 g/mol. The highest BCUT2D eigenvalue weighted by Gasteiger charge is 2.15. The Balaban J connectivity index is 1.81. The lowest BCUT2D eigenvalue weighted by Gasteiger charge is -2.19. The Labute approximate surface area is 147 Å². The molecule has 0 aliphatic carbocycles. The van der Waals surface area contributed by atoms with Crippen LogP contribution in [-0.2, 0) is 21.4 Å². The number of anilines is 1. The quantitative estimate of drug-likeness (QED) is 0.837. The van der Waals surface area contributed by atoms with Crippen LogP contribution in [0, 0.1) is 5.82 Å². The van der Waals surface area contributed by atoms with Crippen molar-refractivity contribution < 1.29 is 14.0 Å². The van der Waals surface area contributed by atoms with E-state index in [0.717, 1.165) is 11.1 Å². The van der Waals surface area contributed by atoms with E-state index in [-0.39, 0.29) is 11.2 Å². The van der Waals surface area contributed by atoms with E-state index in [1.54, 1.807) is 24.3 Å². The first kappa shape index (κ1) is 18.6. The van der Waals surface area contributed by atoms with Crippen molar-refractivity contribution in [2.24, 2.45) is 0 Å². The topological polar surface area (TPSA) is 58.2 Å². The molecule has 0 unspecified atom stereocenters. The maximum atomic E-state index is 12.8. The number of carbonyl (C=O) groups is 2. The van der Waals surface area contributed by atoms with Gasteiger partial charge in [-0.1, -0.05) is 45.0 Å². The number of carbonyl (C=O) groups excluding carboxylic acids is 2. The van der Waals surface area contributed by atoms with Gasteiger partial charge in [-0.05, 0) is 47.2 Å². The molecule has 0 aliphatic rings. The molecule has 0 saturated carbocycles. The van der Waals surface area contributed by atoms with Crippen LogP contribution < -0.4 is 10.6 Å². The number of hydrogen-bond acceptors (Lipinski definition) is 2. The summed E-state index contributed by atoms with van der Waals surface area (Å²) in [7, 11) is 0. The minimum atomic E-state index is -0.706. The van der Waals surface area contributed by atoms with E-state index in [4.69, 9.17) is 0 Å². The Hall–Kier alpha value is -2.69. The fraction of sp³-hybridized carbons (Fsp3) is 0.300. The van der Waals surface area contributed by atoms with Crippen molar-refractivity contribution in [1.29, 1.82) is 0 Å². The van der Waals surface area contributed by atoms with E-state index < -0.39 is 11.8 Å². The molecular formula is C20H23FN2O2. The molecule has 0 spiro atoms. The summed E-state index contributed by atoms with van der Waals surface area (Å²) in [4.78, 5) is 23.7. The molecule has 0 saturated heterocycles. The van der Waals surface area contributed by atoms with Gasteiger partial charge in [-0.15, -0.1) is 0 Å². The van der Waals surface area contributed by atoms with Gasteiger partial charge in [-0.3, -0.25) is 9.59 Å². The number of amides is 2. The standard InChI is InChI=1S/C20H23FN2O2/c1-20(2,3)15-6-10-17(11-7-15)23-19(25)18(24)22-13-12-14-4-8-16(21)9-5-14/h4-11H,12-13H2,1-3H3,(H,22,24)(H,23,25). The Morgan fingerprint density at radius 3 is 2.08 bits per heavy atom. The second-order valence-electron chi connectivity index (χ2n) is 6.91. The molecule has 2 aromatic carbocycles. The first-order chi connectivity index (χ1) is 11.8. The molecule has 2 rings (SSSR count). The summed E-state index contributed by atoms with van der Waals surface area (Å²) in [6.07, 6.45) is 0.527. The maximum absolute atomic E-state index is 12.8. The lowest BCUT2D eigenvalue weighted by Crippen LogP contribution is -2.36. The summed E-state index contributed by atoms with van der Waals surface area (Å²) in [5.41, 5.74) is 2.64. The van der Waals surface area contributed by atoms with Crippen molar-refractivity contribution in [3.63, 3.8) is 0 Å². The molecule has 0 aliphatic heterocycles. The highest BCUT2D eigenvalue weighted by molar-refractivity contribution is 6.39. The maximum Gasteiger partial charge on any atom is 0.313 e. The van der Waals surface area contributed by atoms with Gasteiger partial charge < -0.3 is 10.6 Å².